The maximum Gasteiger partial charge on any atom is 0.309 e. The smallest absolute Gasteiger partial charge is 0.309 e. The second-order valence-corrected chi connectivity index (χ2v) is 4.52. The number of nitrogens with zero attached hydrogens (tertiary/aromatic N) is 1. The highest BCUT2D eigenvalue weighted by Gasteiger charge is 2.32. The molecule has 3 heteroatoms. The normalized spacial score (nSPS) is 21.6. The SMILES string of the molecule is COC(=O)C1CCC2=C(C1)c1ccccc1[N]2. The number of carbonyl (C=O) groups is 1. The summed E-state index contributed by atoms with van der Waals surface area (Å²) < 4.78 is 4.83. The third-order valence-electron chi connectivity index (χ3n) is 3.55. The zero-order chi connectivity index (χ0) is 11.8. The lowest BCUT2D eigenvalue weighted by Gasteiger charge is -2.21. The number of rotatable bonds is 1. The standard InChI is InChI=1S/C14H14NO2/c1-17-14(16)9-6-7-13-11(8-9)10-4-2-3-5-12(10)15-13/h2-5,9H,6-8H2,1H3. The molecule has 0 bridgehead atoms. The van der Waals surface area contributed by atoms with Crippen molar-refractivity contribution >= 4 is 17.2 Å². The predicted octanol–water partition coefficient (Wildman–Crippen LogP) is 2.62. The Labute approximate surface area is 100 Å². The molecular formula is C14H14NO2. The zero-order valence-corrected chi connectivity index (χ0v) is 9.77. The number of ether oxygens (including phenoxy) is 1. The summed E-state index contributed by atoms with van der Waals surface area (Å²) in [6.07, 6.45) is 2.50. The molecule has 87 valence electrons. The molecule has 1 unspecified atom stereocenters. The quantitative estimate of drug-likeness (QED) is 0.693. The lowest BCUT2D eigenvalue weighted by atomic mass is 9.85. The van der Waals surface area contributed by atoms with Crippen LogP contribution < -0.4 is 5.32 Å². The summed E-state index contributed by atoms with van der Waals surface area (Å²) in [4.78, 5) is 11.6. The maximum atomic E-state index is 11.6. The van der Waals surface area contributed by atoms with Gasteiger partial charge < -0.3 is 4.74 Å². The first-order valence-corrected chi connectivity index (χ1v) is 5.90. The van der Waals surface area contributed by atoms with Crippen LogP contribution in [0.25, 0.3) is 5.57 Å². The number of hydrogen-bond acceptors (Lipinski definition) is 2. The van der Waals surface area contributed by atoms with Crippen LogP contribution in [-0.4, -0.2) is 13.1 Å². The Bertz CT molecular complexity index is 505. The molecule has 1 aromatic rings. The van der Waals surface area contributed by atoms with E-state index >= 15 is 0 Å². The number of methoxy groups -OCH3 is 1. The molecule has 0 amide bonds. The Morgan fingerprint density at radius 1 is 1.41 bits per heavy atom. The van der Waals surface area contributed by atoms with E-state index in [4.69, 9.17) is 4.74 Å². The van der Waals surface area contributed by atoms with Crippen molar-refractivity contribution in [1.29, 1.82) is 0 Å². The van der Waals surface area contributed by atoms with Gasteiger partial charge in [-0.15, -0.1) is 0 Å². The highest BCUT2D eigenvalue weighted by molar-refractivity contribution is 5.85. The molecule has 0 spiro atoms. The Morgan fingerprint density at radius 3 is 3.06 bits per heavy atom. The van der Waals surface area contributed by atoms with Crippen LogP contribution in [0.5, 0.6) is 0 Å². The average Bonchev–Trinajstić information content (AvgIpc) is 2.75. The van der Waals surface area contributed by atoms with Crippen molar-refractivity contribution < 1.29 is 9.53 Å². The lowest BCUT2D eigenvalue weighted by Crippen LogP contribution is -2.20. The van der Waals surface area contributed by atoms with Gasteiger partial charge in [0, 0.05) is 11.3 Å². The van der Waals surface area contributed by atoms with Gasteiger partial charge in [-0.2, -0.15) is 0 Å². The van der Waals surface area contributed by atoms with E-state index < -0.39 is 0 Å². The van der Waals surface area contributed by atoms with Gasteiger partial charge in [0.05, 0.1) is 18.7 Å². The number of para-hydroxylation sites is 1. The molecule has 0 N–H and O–H groups in total. The molecule has 0 aromatic heterocycles. The molecule has 1 radical (unpaired) electrons. The summed E-state index contributed by atoms with van der Waals surface area (Å²) in [5, 5.41) is 4.62. The van der Waals surface area contributed by atoms with Gasteiger partial charge >= 0.3 is 5.97 Å². The van der Waals surface area contributed by atoms with E-state index in [1.165, 1.54) is 18.2 Å². The van der Waals surface area contributed by atoms with Crippen molar-refractivity contribution in [3.63, 3.8) is 0 Å². The third kappa shape index (κ3) is 1.62. The van der Waals surface area contributed by atoms with Crippen molar-refractivity contribution in [2.24, 2.45) is 5.92 Å². The molecule has 1 atom stereocenters. The molecule has 1 aliphatic carbocycles. The van der Waals surface area contributed by atoms with Gasteiger partial charge in [0.2, 0.25) is 0 Å². The van der Waals surface area contributed by atoms with Gasteiger partial charge in [-0.05, 0) is 30.9 Å². The van der Waals surface area contributed by atoms with E-state index in [1.807, 2.05) is 18.2 Å². The van der Waals surface area contributed by atoms with E-state index in [1.54, 1.807) is 0 Å². The summed E-state index contributed by atoms with van der Waals surface area (Å²) >= 11 is 0. The maximum absolute atomic E-state index is 11.6. The van der Waals surface area contributed by atoms with E-state index in [0.717, 1.165) is 30.6 Å². The molecule has 2 aliphatic rings. The minimum Gasteiger partial charge on any atom is -0.469 e. The van der Waals surface area contributed by atoms with E-state index in [-0.39, 0.29) is 11.9 Å². The first-order valence-electron chi connectivity index (χ1n) is 5.90. The minimum absolute atomic E-state index is 0.0000983. The second kappa shape index (κ2) is 3.91. The number of fused-ring (bicyclic) bond motifs is 2. The van der Waals surface area contributed by atoms with Gasteiger partial charge in [0.15, 0.2) is 0 Å². The number of esters is 1. The summed E-state index contributed by atoms with van der Waals surface area (Å²) in [5.74, 6) is -0.0963. The lowest BCUT2D eigenvalue weighted by molar-refractivity contribution is -0.145. The summed E-state index contributed by atoms with van der Waals surface area (Å²) in [7, 11) is 1.46. The Morgan fingerprint density at radius 2 is 2.24 bits per heavy atom. The van der Waals surface area contributed by atoms with Crippen LogP contribution in [0.3, 0.4) is 0 Å². The third-order valence-corrected chi connectivity index (χ3v) is 3.55. The van der Waals surface area contributed by atoms with E-state index in [0.29, 0.717) is 0 Å². The first-order chi connectivity index (χ1) is 8.29. The molecule has 0 fully saturated rings. The molecule has 1 heterocycles. The van der Waals surface area contributed by atoms with Crippen LogP contribution >= 0.6 is 0 Å². The molecule has 17 heavy (non-hydrogen) atoms. The fraction of sp³-hybridized carbons (Fsp3) is 0.357. The van der Waals surface area contributed by atoms with E-state index in [9.17, 15) is 4.79 Å². The van der Waals surface area contributed by atoms with Crippen LogP contribution in [0.2, 0.25) is 0 Å². The minimum atomic E-state index is -0.0964. The van der Waals surface area contributed by atoms with Crippen LogP contribution in [0.4, 0.5) is 5.69 Å². The number of allylic oxidation sites excluding steroid dienone is 2. The molecule has 3 nitrogen and oxygen atoms in total. The zero-order valence-electron chi connectivity index (χ0n) is 9.77. The molecule has 0 saturated heterocycles. The Hall–Kier alpha value is -1.77. The Balaban J connectivity index is 1.91. The monoisotopic (exact) mass is 228 g/mol. The summed E-state index contributed by atoms with van der Waals surface area (Å²) in [6, 6.07) is 8.13. The molecule has 0 saturated carbocycles. The van der Waals surface area contributed by atoms with Gasteiger partial charge in [0.25, 0.3) is 0 Å². The van der Waals surface area contributed by atoms with Crippen LogP contribution in [0.1, 0.15) is 24.8 Å². The van der Waals surface area contributed by atoms with Crippen molar-refractivity contribution in [3.8, 4) is 0 Å². The van der Waals surface area contributed by atoms with Gasteiger partial charge in [0.1, 0.15) is 0 Å². The number of benzene rings is 1. The molecule has 3 rings (SSSR count). The van der Waals surface area contributed by atoms with Gasteiger partial charge in [-0.3, -0.25) is 10.1 Å². The molecule has 1 aromatic carbocycles. The molecular weight excluding hydrogens is 214 g/mol. The van der Waals surface area contributed by atoms with Crippen molar-refractivity contribution in [2.45, 2.75) is 19.3 Å². The fourth-order valence-corrected chi connectivity index (χ4v) is 2.66. The van der Waals surface area contributed by atoms with Gasteiger partial charge in [-0.1, -0.05) is 18.2 Å². The predicted molar refractivity (Wildman–Crippen MR) is 64.5 cm³/mol. The Kier molecular flexibility index (Phi) is 2.39. The van der Waals surface area contributed by atoms with Crippen LogP contribution in [-0.2, 0) is 9.53 Å². The average molecular weight is 228 g/mol. The van der Waals surface area contributed by atoms with Gasteiger partial charge in [-0.25, -0.2) is 0 Å². The highest BCUT2D eigenvalue weighted by atomic mass is 16.5. The van der Waals surface area contributed by atoms with Crippen molar-refractivity contribution in [2.75, 3.05) is 7.11 Å². The first kappa shape index (κ1) is 10.4. The highest BCUT2D eigenvalue weighted by Crippen LogP contribution is 2.43. The summed E-state index contributed by atoms with van der Waals surface area (Å²) in [5.41, 5.74) is 4.63. The largest absolute Gasteiger partial charge is 0.469 e. The van der Waals surface area contributed by atoms with E-state index in [2.05, 4.69) is 11.4 Å². The van der Waals surface area contributed by atoms with Crippen LogP contribution in [0, 0.1) is 5.92 Å². The van der Waals surface area contributed by atoms with Crippen LogP contribution in [0.15, 0.2) is 30.0 Å². The second-order valence-electron chi connectivity index (χ2n) is 4.52. The van der Waals surface area contributed by atoms with Crippen molar-refractivity contribution in [3.05, 3.63) is 35.5 Å². The molecule has 1 aliphatic heterocycles. The van der Waals surface area contributed by atoms with Crippen molar-refractivity contribution in [1.82, 2.24) is 5.32 Å². The summed E-state index contributed by atoms with van der Waals surface area (Å²) in [6.45, 7) is 0. The number of hydrogen-bond donors (Lipinski definition) is 0. The topological polar surface area (TPSA) is 40.4 Å². The number of carbonyl (C=O) groups excluding carboxylic acids is 1. The fourth-order valence-electron chi connectivity index (χ4n) is 2.66.